The van der Waals surface area contributed by atoms with Gasteiger partial charge in [0.25, 0.3) is 0 Å². The summed E-state index contributed by atoms with van der Waals surface area (Å²) in [4.78, 5) is 12.6. The minimum absolute atomic E-state index is 0.610. The van der Waals surface area contributed by atoms with Crippen LogP contribution in [0, 0.1) is 0 Å². The van der Waals surface area contributed by atoms with E-state index in [-0.39, 0.29) is 0 Å². The molecule has 0 bridgehead atoms. The fourth-order valence-corrected chi connectivity index (χ4v) is 3.86. The first-order valence-corrected chi connectivity index (χ1v) is 8.01. The number of nitrogens with two attached hydrogens (primary N) is 1. The van der Waals surface area contributed by atoms with Gasteiger partial charge in [0.15, 0.2) is 10.3 Å². The van der Waals surface area contributed by atoms with Crippen LogP contribution >= 0.6 is 22.7 Å². The van der Waals surface area contributed by atoms with Gasteiger partial charge in [-0.15, -0.1) is 11.3 Å². The van der Waals surface area contributed by atoms with Crippen LogP contribution in [0.1, 0.15) is 12.6 Å². The van der Waals surface area contributed by atoms with E-state index in [1.54, 1.807) is 11.3 Å². The molecular weight excluding hydrogens is 280 g/mol. The van der Waals surface area contributed by atoms with Crippen molar-refractivity contribution in [1.82, 2.24) is 9.97 Å². The molecule has 0 atom stereocenters. The van der Waals surface area contributed by atoms with Crippen LogP contribution in [-0.2, 0) is 11.2 Å². The van der Waals surface area contributed by atoms with Crippen LogP contribution in [0.15, 0.2) is 5.38 Å². The number of thiazole rings is 2. The molecule has 0 aromatic carbocycles. The maximum Gasteiger partial charge on any atom is 0.186 e. The first-order chi connectivity index (χ1) is 9.28. The third kappa shape index (κ3) is 2.58. The summed E-state index contributed by atoms with van der Waals surface area (Å²) >= 11 is 3.18. The largest absolute Gasteiger partial charge is 0.378 e. The lowest BCUT2D eigenvalue weighted by atomic mass is 10.2. The Morgan fingerprint density at radius 1 is 1.37 bits per heavy atom. The van der Waals surface area contributed by atoms with Crippen LogP contribution in [0.3, 0.4) is 0 Å². The van der Waals surface area contributed by atoms with Crippen LogP contribution in [-0.4, -0.2) is 36.3 Å². The topological polar surface area (TPSA) is 64.3 Å². The second-order valence-electron chi connectivity index (χ2n) is 4.30. The van der Waals surface area contributed by atoms with E-state index in [0.29, 0.717) is 5.13 Å². The van der Waals surface area contributed by atoms with E-state index in [1.807, 2.05) is 5.38 Å². The van der Waals surface area contributed by atoms with E-state index in [2.05, 4.69) is 16.8 Å². The smallest absolute Gasteiger partial charge is 0.186 e. The maximum atomic E-state index is 5.72. The standard InChI is InChI=1S/C12H16N4OS2/c1-2-8-10(9-7-18-11(13)14-9)19-12(15-8)16-3-5-17-6-4-16/h7H,2-6H2,1H3,(H2,13,14). The zero-order valence-corrected chi connectivity index (χ0v) is 12.4. The summed E-state index contributed by atoms with van der Waals surface area (Å²) in [5.74, 6) is 0. The van der Waals surface area contributed by atoms with Gasteiger partial charge in [-0.3, -0.25) is 0 Å². The Morgan fingerprint density at radius 3 is 2.79 bits per heavy atom. The summed E-state index contributed by atoms with van der Waals surface area (Å²) in [6, 6.07) is 0. The lowest BCUT2D eigenvalue weighted by Crippen LogP contribution is -2.36. The molecule has 5 nitrogen and oxygen atoms in total. The highest BCUT2D eigenvalue weighted by atomic mass is 32.1. The summed E-state index contributed by atoms with van der Waals surface area (Å²) in [5, 5.41) is 3.69. The van der Waals surface area contributed by atoms with Gasteiger partial charge >= 0.3 is 0 Å². The van der Waals surface area contributed by atoms with E-state index < -0.39 is 0 Å². The van der Waals surface area contributed by atoms with Crippen LogP contribution < -0.4 is 10.6 Å². The second kappa shape index (κ2) is 5.44. The van der Waals surface area contributed by atoms with Gasteiger partial charge in [0.2, 0.25) is 0 Å². The Morgan fingerprint density at radius 2 is 2.16 bits per heavy atom. The fraction of sp³-hybridized carbons (Fsp3) is 0.500. The Hall–Kier alpha value is -1.18. The summed E-state index contributed by atoms with van der Waals surface area (Å²) in [6.07, 6.45) is 0.910. The molecule has 2 aromatic heterocycles. The summed E-state index contributed by atoms with van der Waals surface area (Å²) in [7, 11) is 0. The molecule has 0 unspecified atom stereocenters. The molecule has 0 saturated carbocycles. The Bertz CT molecular complexity index is 560. The summed E-state index contributed by atoms with van der Waals surface area (Å²) in [5.41, 5.74) is 7.78. The molecule has 102 valence electrons. The Kier molecular flexibility index (Phi) is 3.67. The first kappa shape index (κ1) is 12.8. The Labute approximate surface area is 120 Å². The number of rotatable bonds is 3. The average Bonchev–Trinajstić information content (AvgIpc) is 3.05. The van der Waals surface area contributed by atoms with Gasteiger partial charge in [0, 0.05) is 18.5 Å². The SMILES string of the molecule is CCc1nc(N2CCOCC2)sc1-c1csc(N)n1. The van der Waals surface area contributed by atoms with Gasteiger partial charge in [-0.05, 0) is 6.42 Å². The average molecular weight is 296 g/mol. The number of nitrogens with zero attached hydrogens (tertiary/aromatic N) is 3. The number of anilines is 2. The number of aromatic nitrogens is 2. The van der Waals surface area contributed by atoms with Gasteiger partial charge in [-0.2, -0.15) is 0 Å². The summed E-state index contributed by atoms with van der Waals surface area (Å²) < 4.78 is 5.38. The highest BCUT2D eigenvalue weighted by Gasteiger charge is 2.19. The predicted octanol–water partition coefficient (Wildman–Crippen LogP) is 2.25. The third-order valence-corrected chi connectivity index (χ3v) is 4.91. The van der Waals surface area contributed by atoms with E-state index in [0.717, 1.165) is 54.1 Å². The normalized spacial score (nSPS) is 15.9. The third-order valence-electron chi connectivity index (χ3n) is 3.06. The van der Waals surface area contributed by atoms with E-state index in [9.17, 15) is 0 Å². The molecule has 2 aromatic rings. The van der Waals surface area contributed by atoms with Crippen molar-refractivity contribution in [2.75, 3.05) is 36.9 Å². The molecule has 3 heterocycles. The molecule has 19 heavy (non-hydrogen) atoms. The molecule has 7 heteroatoms. The van der Waals surface area contributed by atoms with E-state index >= 15 is 0 Å². The highest BCUT2D eigenvalue weighted by Crippen LogP contribution is 2.36. The quantitative estimate of drug-likeness (QED) is 0.941. The fourth-order valence-electron chi connectivity index (χ4n) is 2.06. The maximum absolute atomic E-state index is 5.72. The van der Waals surface area contributed by atoms with Crippen molar-refractivity contribution in [3.8, 4) is 10.6 Å². The number of nitrogen functional groups attached to an aromatic ring is 1. The van der Waals surface area contributed by atoms with Crippen LogP contribution in [0.5, 0.6) is 0 Å². The van der Waals surface area contributed by atoms with Crippen molar-refractivity contribution in [1.29, 1.82) is 0 Å². The molecule has 0 aliphatic carbocycles. The van der Waals surface area contributed by atoms with E-state index in [4.69, 9.17) is 15.5 Å². The molecule has 0 amide bonds. The van der Waals surface area contributed by atoms with Gasteiger partial charge in [-0.25, -0.2) is 9.97 Å². The van der Waals surface area contributed by atoms with Crippen LogP contribution in [0.4, 0.5) is 10.3 Å². The zero-order chi connectivity index (χ0) is 13.2. The van der Waals surface area contributed by atoms with Crippen molar-refractivity contribution in [2.24, 2.45) is 0 Å². The summed E-state index contributed by atoms with van der Waals surface area (Å²) in [6.45, 7) is 5.50. The van der Waals surface area contributed by atoms with Gasteiger partial charge in [0.05, 0.1) is 29.5 Å². The molecular formula is C12H16N4OS2. The predicted molar refractivity (Wildman–Crippen MR) is 80.0 cm³/mol. The number of hydrogen-bond acceptors (Lipinski definition) is 7. The van der Waals surface area contributed by atoms with Crippen molar-refractivity contribution < 1.29 is 4.74 Å². The molecule has 1 fully saturated rings. The molecule has 0 spiro atoms. The number of ether oxygens (including phenoxy) is 1. The number of hydrogen-bond donors (Lipinski definition) is 1. The lowest BCUT2D eigenvalue weighted by molar-refractivity contribution is 0.122. The molecule has 3 rings (SSSR count). The first-order valence-electron chi connectivity index (χ1n) is 6.31. The van der Waals surface area contributed by atoms with Crippen LogP contribution in [0.25, 0.3) is 10.6 Å². The van der Waals surface area contributed by atoms with E-state index in [1.165, 1.54) is 11.3 Å². The molecule has 1 aliphatic heterocycles. The molecule has 1 saturated heterocycles. The van der Waals surface area contributed by atoms with Gasteiger partial charge < -0.3 is 15.4 Å². The number of aryl methyl sites for hydroxylation is 1. The lowest BCUT2D eigenvalue weighted by Gasteiger charge is -2.26. The minimum Gasteiger partial charge on any atom is -0.378 e. The molecule has 0 radical (unpaired) electrons. The van der Waals surface area contributed by atoms with Gasteiger partial charge in [0.1, 0.15) is 0 Å². The highest BCUT2D eigenvalue weighted by molar-refractivity contribution is 7.19. The molecule has 2 N–H and O–H groups in total. The zero-order valence-electron chi connectivity index (χ0n) is 10.8. The Balaban J connectivity index is 1.93. The number of morpholine rings is 1. The molecule has 1 aliphatic rings. The van der Waals surface area contributed by atoms with Crippen molar-refractivity contribution >= 4 is 32.9 Å². The minimum atomic E-state index is 0.610. The van der Waals surface area contributed by atoms with Crippen molar-refractivity contribution in [2.45, 2.75) is 13.3 Å². The second-order valence-corrected chi connectivity index (χ2v) is 6.16. The van der Waals surface area contributed by atoms with Crippen molar-refractivity contribution in [3.63, 3.8) is 0 Å². The van der Waals surface area contributed by atoms with Crippen LogP contribution in [0.2, 0.25) is 0 Å². The van der Waals surface area contributed by atoms with Gasteiger partial charge in [-0.1, -0.05) is 18.3 Å². The van der Waals surface area contributed by atoms with Crippen molar-refractivity contribution in [3.05, 3.63) is 11.1 Å². The monoisotopic (exact) mass is 296 g/mol.